The molecule has 3 rings (SSSR count). The van der Waals surface area contributed by atoms with E-state index in [1.165, 1.54) is 0 Å². The highest BCUT2D eigenvalue weighted by Crippen LogP contribution is 2.38. The molecule has 0 aromatic heterocycles. The van der Waals surface area contributed by atoms with E-state index in [1.807, 2.05) is 13.8 Å². The number of amides is 1. The highest BCUT2D eigenvalue weighted by atomic mass is 79.9. The van der Waals surface area contributed by atoms with E-state index in [0.717, 1.165) is 11.1 Å². The van der Waals surface area contributed by atoms with Crippen LogP contribution in [0.5, 0.6) is 5.75 Å². The van der Waals surface area contributed by atoms with Gasteiger partial charge in [0.05, 0.1) is 15.6 Å². The first kappa shape index (κ1) is 20.9. The third-order valence-corrected chi connectivity index (χ3v) is 5.23. The Bertz CT molecular complexity index is 965. The second-order valence-corrected chi connectivity index (χ2v) is 8.72. The third-order valence-electron chi connectivity index (χ3n) is 3.82. The van der Waals surface area contributed by atoms with Gasteiger partial charge in [0.2, 0.25) is 0 Å². The van der Waals surface area contributed by atoms with Crippen molar-refractivity contribution >= 4 is 72.9 Å². The van der Waals surface area contributed by atoms with Gasteiger partial charge < -0.3 is 14.8 Å². The van der Waals surface area contributed by atoms with Gasteiger partial charge in [-0.1, -0.05) is 25.4 Å². The van der Waals surface area contributed by atoms with Crippen LogP contribution in [0.25, 0.3) is 11.6 Å². The molecule has 0 unspecified atom stereocenters. The lowest BCUT2D eigenvalue weighted by atomic mass is 10.0. The summed E-state index contributed by atoms with van der Waals surface area (Å²) in [5.74, 6) is 0.305. The summed E-state index contributed by atoms with van der Waals surface area (Å²) in [6.45, 7) is 4.15. The third kappa shape index (κ3) is 4.77. The Morgan fingerprint density at radius 1 is 1.21 bits per heavy atom. The molecule has 1 aliphatic heterocycles. The van der Waals surface area contributed by atoms with Gasteiger partial charge in [-0.3, -0.25) is 4.79 Å². The van der Waals surface area contributed by atoms with Crippen molar-refractivity contribution in [3.8, 4) is 5.75 Å². The van der Waals surface area contributed by atoms with Gasteiger partial charge in [-0.25, -0.2) is 4.79 Å². The fourth-order valence-corrected chi connectivity index (χ4v) is 4.13. The number of rotatable bonds is 4. The number of carbonyl (C=O) groups excluding carboxylic acids is 2. The van der Waals surface area contributed by atoms with Gasteiger partial charge >= 0.3 is 6.16 Å². The molecular weight excluding hydrogens is 513 g/mol. The van der Waals surface area contributed by atoms with E-state index in [9.17, 15) is 9.59 Å². The second-order valence-electron chi connectivity index (χ2n) is 6.57. The van der Waals surface area contributed by atoms with Crippen LogP contribution in [0.4, 0.5) is 10.5 Å². The van der Waals surface area contributed by atoms with Crippen LogP contribution in [0.1, 0.15) is 25.0 Å². The molecule has 0 aliphatic carbocycles. The predicted octanol–water partition coefficient (Wildman–Crippen LogP) is 6.53. The number of hydrogen-bond donors (Lipinski definition) is 1. The predicted molar refractivity (Wildman–Crippen MR) is 117 cm³/mol. The summed E-state index contributed by atoms with van der Waals surface area (Å²) >= 11 is 12.9. The number of carbonyl (C=O) groups is 2. The molecule has 0 fully saturated rings. The topological polar surface area (TPSA) is 64.6 Å². The Balaban J connectivity index is 1.87. The molecule has 2 aromatic carbocycles. The minimum Gasteiger partial charge on any atom is -0.434 e. The molecule has 0 radical (unpaired) electrons. The molecule has 1 N–H and O–H groups in total. The SMILES string of the molecule is CC(C)COC(=O)Oc1c(Br)cc(C=C2C(=O)Nc3ccc(Cl)cc32)cc1Br. The average molecular weight is 530 g/mol. The van der Waals surface area contributed by atoms with Crippen LogP contribution in [0, 0.1) is 5.92 Å². The maximum absolute atomic E-state index is 12.3. The van der Waals surface area contributed by atoms with Crippen molar-refractivity contribution in [3.05, 3.63) is 55.4 Å². The normalized spacial score (nSPS) is 14.2. The highest BCUT2D eigenvalue weighted by Gasteiger charge is 2.24. The molecule has 0 saturated carbocycles. The lowest BCUT2D eigenvalue weighted by molar-refractivity contribution is -0.110. The summed E-state index contributed by atoms with van der Waals surface area (Å²) in [5.41, 5.74) is 2.69. The first-order chi connectivity index (χ1) is 13.2. The number of nitrogens with one attached hydrogen (secondary N) is 1. The fourth-order valence-electron chi connectivity index (χ4n) is 2.58. The van der Waals surface area contributed by atoms with Gasteiger partial charge in [0, 0.05) is 21.8 Å². The average Bonchev–Trinajstić information content (AvgIpc) is 2.91. The van der Waals surface area contributed by atoms with E-state index < -0.39 is 6.16 Å². The number of fused-ring (bicyclic) bond motifs is 1. The molecule has 28 heavy (non-hydrogen) atoms. The smallest absolute Gasteiger partial charge is 0.434 e. The van der Waals surface area contributed by atoms with E-state index in [2.05, 4.69) is 37.2 Å². The molecule has 0 atom stereocenters. The number of anilines is 1. The van der Waals surface area contributed by atoms with E-state index in [0.29, 0.717) is 31.0 Å². The van der Waals surface area contributed by atoms with Crippen molar-refractivity contribution in [2.75, 3.05) is 11.9 Å². The van der Waals surface area contributed by atoms with Crippen LogP contribution in [0.2, 0.25) is 5.02 Å². The lowest BCUT2D eigenvalue weighted by Crippen LogP contribution is -2.14. The zero-order chi connectivity index (χ0) is 20.4. The Kier molecular flexibility index (Phi) is 6.47. The lowest BCUT2D eigenvalue weighted by Gasteiger charge is -2.11. The number of halogens is 3. The Morgan fingerprint density at radius 2 is 1.89 bits per heavy atom. The molecule has 0 spiro atoms. The number of hydrogen-bond acceptors (Lipinski definition) is 4. The highest BCUT2D eigenvalue weighted by molar-refractivity contribution is 9.11. The molecule has 146 valence electrons. The molecule has 5 nitrogen and oxygen atoms in total. The van der Waals surface area contributed by atoms with Crippen molar-refractivity contribution in [2.45, 2.75) is 13.8 Å². The quantitative estimate of drug-likeness (QED) is 0.278. The van der Waals surface area contributed by atoms with Crippen molar-refractivity contribution in [3.63, 3.8) is 0 Å². The second kappa shape index (κ2) is 8.68. The van der Waals surface area contributed by atoms with Crippen LogP contribution in [0.3, 0.4) is 0 Å². The first-order valence-electron chi connectivity index (χ1n) is 8.41. The largest absolute Gasteiger partial charge is 0.513 e. The van der Waals surface area contributed by atoms with Gasteiger partial charge in [0.1, 0.15) is 0 Å². The van der Waals surface area contributed by atoms with Crippen molar-refractivity contribution in [2.24, 2.45) is 5.92 Å². The van der Waals surface area contributed by atoms with Crippen LogP contribution in [-0.4, -0.2) is 18.7 Å². The number of benzene rings is 2. The first-order valence-corrected chi connectivity index (χ1v) is 10.4. The molecule has 1 heterocycles. The maximum Gasteiger partial charge on any atom is 0.513 e. The van der Waals surface area contributed by atoms with Gasteiger partial charge in [0.15, 0.2) is 5.75 Å². The van der Waals surface area contributed by atoms with Crippen molar-refractivity contribution < 1.29 is 19.1 Å². The standard InChI is InChI=1S/C20H16Br2ClNO4/c1-10(2)9-27-20(26)28-18-15(21)6-11(7-16(18)22)5-14-13-8-12(23)3-4-17(13)24-19(14)25/h3-8,10H,9H2,1-2H3,(H,24,25). The Labute approximate surface area is 184 Å². The zero-order valence-corrected chi connectivity index (χ0v) is 18.9. The monoisotopic (exact) mass is 527 g/mol. The van der Waals surface area contributed by atoms with Gasteiger partial charge in [0.25, 0.3) is 5.91 Å². The minimum absolute atomic E-state index is 0.206. The summed E-state index contributed by atoms with van der Waals surface area (Å²) in [6, 6.07) is 8.73. The Hall–Kier alpha value is -1.83. The van der Waals surface area contributed by atoms with Crippen LogP contribution in [-0.2, 0) is 9.53 Å². The van der Waals surface area contributed by atoms with Crippen LogP contribution < -0.4 is 10.1 Å². The molecular formula is C20H16Br2ClNO4. The molecule has 1 aliphatic rings. The molecule has 2 aromatic rings. The van der Waals surface area contributed by atoms with Crippen molar-refractivity contribution in [1.82, 2.24) is 0 Å². The van der Waals surface area contributed by atoms with E-state index in [-0.39, 0.29) is 18.4 Å². The molecule has 8 heteroatoms. The van der Waals surface area contributed by atoms with Gasteiger partial charge in [-0.15, -0.1) is 0 Å². The summed E-state index contributed by atoms with van der Waals surface area (Å²) in [7, 11) is 0. The summed E-state index contributed by atoms with van der Waals surface area (Å²) < 4.78 is 11.4. The molecule has 0 saturated heterocycles. The summed E-state index contributed by atoms with van der Waals surface area (Å²) in [4.78, 5) is 24.2. The maximum atomic E-state index is 12.3. The molecule has 1 amide bonds. The van der Waals surface area contributed by atoms with Gasteiger partial charge in [-0.2, -0.15) is 0 Å². The molecule has 0 bridgehead atoms. The van der Waals surface area contributed by atoms with E-state index in [4.69, 9.17) is 21.1 Å². The van der Waals surface area contributed by atoms with Crippen LogP contribution in [0.15, 0.2) is 39.3 Å². The van der Waals surface area contributed by atoms with Crippen LogP contribution >= 0.6 is 43.5 Å². The van der Waals surface area contributed by atoms with E-state index in [1.54, 1.807) is 36.4 Å². The Morgan fingerprint density at radius 3 is 2.54 bits per heavy atom. The van der Waals surface area contributed by atoms with Gasteiger partial charge in [-0.05, 0) is 79.7 Å². The van der Waals surface area contributed by atoms with E-state index >= 15 is 0 Å². The summed E-state index contributed by atoms with van der Waals surface area (Å²) in [6.07, 6.45) is 0.966. The minimum atomic E-state index is -0.778. The summed E-state index contributed by atoms with van der Waals surface area (Å²) in [5, 5.41) is 3.36. The van der Waals surface area contributed by atoms with Crippen molar-refractivity contribution in [1.29, 1.82) is 0 Å². The fraction of sp³-hybridized carbons (Fsp3) is 0.200. The number of ether oxygens (including phenoxy) is 2. The zero-order valence-electron chi connectivity index (χ0n) is 15.0.